The second-order valence-corrected chi connectivity index (χ2v) is 4.51. The molecule has 0 aliphatic heterocycles. The molecule has 3 heteroatoms. The molecule has 1 N–H and O–H groups in total. The third-order valence-electron chi connectivity index (χ3n) is 3.45. The van der Waals surface area contributed by atoms with Gasteiger partial charge in [-0.15, -0.1) is 0 Å². The maximum absolute atomic E-state index is 9.35. The number of nitriles is 1. The van der Waals surface area contributed by atoms with E-state index < -0.39 is 0 Å². The van der Waals surface area contributed by atoms with Crippen molar-refractivity contribution < 1.29 is 0 Å². The number of nitrogens with zero attached hydrogens (tertiary/aromatic N) is 2. The zero-order valence-corrected chi connectivity index (χ0v) is 10.0. The smallest absolute Gasteiger partial charge is 0.151 e. The summed E-state index contributed by atoms with van der Waals surface area (Å²) in [6, 6.07) is 18.1. The number of fused-ring (bicyclic) bond motifs is 5. The van der Waals surface area contributed by atoms with Crippen LogP contribution in [0.15, 0.2) is 48.5 Å². The highest BCUT2D eigenvalue weighted by Crippen LogP contribution is 2.31. The fourth-order valence-corrected chi connectivity index (χ4v) is 2.63. The first kappa shape index (κ1) is 10.1. The summed E-state index contributed by atoms with van der Waals surface area (Å²) in [4.78, 5) is 7.87. The second-order valence-electron chi connectivity index (χ2n) is 4.51. The van der Waals surface area contributed by atoms with Crippen LogP contribution in [0.25, 0.3) is 32.7 Å². The van der Waals surface area contributed by atoms with Crippen LogP contribution in [0.5, 0.6) is 0 Å². The molecule has 0 aliphatic rings. The van der Waals surface area contributed by atoms with Crippen LogP contribution in [0.1, 0.15) is 5.69 Å². The van der Waals surface area contributed by atoms with Crippen LogP contribution in [0.4, 0.5) is 0 Å². The monoisotopic (exact) mass is 243 g/mol. The van der Waals surface area contributed by atoms with Gasteiger partial charge in [-0.1, -0.05) is 36.4 Å². The van der Waals surface area contributed by atoms with Gasteiger partial charge in [0.15, 0.2) is 5.69 Å². The average Bonchev–Trinajstić information content (AvgIpc) is 2.86. The predicted molar refractivity (Wildman–Crippen MR) is 75.8 cm³/mol. The van der Waals surface area contributed by atoms with E-state index in [0.29, 0.717) is 5.69 Å². The number of rotatable bonds is 0. The SMILES string of the molecule is N#Cc1nc2ccccc2c2[nH]c3ccccc3c12. The summed E-state index contributed by atoms with van der Waals surface area (Å²) >= 11 is 0. The summed E-state index contributed by atoms with van der Waals surface area (Å²) in [5.74, 6) is 0. The Hall–Kier alpha value is -2.86. The number of benzene rings is 2. The quantitative estimate of drug-likeness (QED) is 0.511. The van der Waals surface area contributed by atoms with Crippen LogP contribution in [0.3, 0.4) is 0 Å². The number of aromatic amines is 1. The largest absolute Gasteiger partial charge is 0.354 e. The number of nitrogens with one attached hydrogen (secondary N) is 1. The molecular weight excluding hydrogens is 234 g/mol. The Bertz CT molecular complexity index is 974. The predicted octanol–water partition coefficient (Wildman–Crippen LogP) is 3.74. The number of aromatic nitrogens is 2. The second kappa shape index (κ2) is 3.56. The zero-order valence-electron chi connectivity index (χ0n) is 10.0. The van der Waals surface area contributed by atoms with E-state index in [2.05, 4.69) is 16.0 Å². The summed E-state index contributed by atoms with van der Waals surface area (Å²) < 4.78 is 0. The molecule has 4 rings (SSSR count). The average molecular weight is 243 g/mol. The van der Waals surface area contributed by atoms with Crippen LogP contribution < -0.4 is 0 Å². The molecular formula is C16H9N3. The molecule has 0 amide bonds. The van der Waals surface area contributed by atoms with Gasteiger partial charge in [0.25, 0.3) is 0 Å². The maximum Gasteiger partial charge on any atom is 0.151 e. The molecule has 88 valence electrons. The van der Waals surface area contributed by atoms with Gasteiger partial charge in [-0.3, -0.25) is 0 Å². The Morgan fingerprint density at radius 2 is 1.68 bits per heavy atom. The van der Waals surface area contributed by atoms with Crippen molar-refractivity contribution in [3.63, 3.8) is 0 Å². The molecule has 2 aromatic heterocycles. The van der Waals surface area contributed by atoms with Crippen LogP contribution in [-0.4, -0.2) is 9.97 Å². The summed E-state index contributed by atoms with van der Waals surface area (Å²) in [5.41, 5.74) is 3.35. The fraction of sp³-hybridized carbons (Fsp3) is 0. The number of hydrogen-bond donors (Lipinski definition) is 1. The maximum atomic E-state index is 9.35. The third kappa shape index (κ3) is 1.28. The molecule has 3 nitrogen and oxygen atoms in total. The number of hydrogen-bond acceptors (Lipinski definition) is 2. The van der Waals surface area contributed by atoms with Crippen LogP contribution in [-0.2, 0) is 0 Å². The number of H-pyrrole nitrogens is 1. The Morgan fingerprint density at radius 1 is 0.947 bits per heavy atom. The summed E-state index contributed by atoms with van der Waals surface area (Å²) in [6.07, 6.45) is 0. The van der Waals surface area contributed by atoms with E-state index in [1.165, 1.54) is 0 Å². The lowest BCUT2D eigenvalue weighted by molar-refractivity contribution is 1.36. The van der Waals surface area contributed by atoms with Crippen molar-refractivity contribution >= 4 is 32.7 Å². The highest BCUT2D eigenvalue weighted by atomic mass is 14.8. The van der Waals surface area contributed by atoms with Crippen molar-refractivity contribution in [1.82, 2.24) is 9.97 Å². The molecule has 0 aliphatic carbocycles. The molecule has 0 saturated heterocycles. The Balaban J connectivity index is 2.39. The van der Waals surface area contributed by atoms with E-state index in [1.54, 1.807) is 0 Å². The molecule has 0 saturated carbocycles. The molecule has 4 aromatic rings. The minimum atomic E-state index is 0.478. The lowest BCUT2D eigenvalue weighted by atomic mass is 10.1. The Morgan fingerprint density at radius 3 is 2.53 bits per heavy atom. The highest BCUT2D eigenvalue weighted by Gasteiger charge is 2.13. The van der Waals surface area contributed by atoms with Gasteiger partial charge in [-0.25, -0.2) is 4.98 Å². The molecule has 19 heavy (non-hydrogen) atoms. The molecule has 0 unspecified atom stereocenters. The summed E-state index contributed by atoms with van der Waals surface area (Å²) in [5, 5.41) is 12.4. The summed E-state index contributed by atoms with van der Waals surface area (Å²) in [7, 11) is 0. The first-order valence-corrected chi connectivity index (χ1v) is 6.08. The van der Waals surface area contributed by atoms with Crippen molar-refractivity contribution in [3.8, 4) is 6.07 Å². The van der Waals surface area contributed by atoms with E-state index in [4.69, 9.17) is 0 Å². The van der Waals surface area contributed by atoms with Crippen LogP contribution in [0, 0.1) is 11.3 Å². The Labute approximate surface area is 109 Å². The van der Waals surface area contributed by atoms with Gasteiger partial charge in [0, 0.05) is 21.7 Å². The van der Waals surface area contributed by atoms with Gasteiger partial charge >= 0.3 is 0 Å². The Kier molecular flexibility index (Phi) is 1.89. The van der Waals surface area contributed by atoms with Gasteiger partial charge in [0.1, 0.15) is 6.07 Å². The number of pyridine rings is 1. The number of para-hydroxylation sites is 2. The van der Waals surface area contributed by atoms with Crippen LogP contribution in [0.2, 0.25) is 0 Å². The van der Waals surface area contributed by atoms with Crippen molar-refractivity contribution in [2.75, 3.05) is 0 Å². The standard InChI is InChI=1S/C16H9N3/c17-9-14-15-10-5-1-3-7-12(10)19-16(15)11-6-2-4-8-13(11)18-14/h1-8,19H. The van der Waals surface area contributed by atoms with Crippen molar-refractivity contribution in [1.29, 1.82) is 5.26 Å². The van der Waals surface area contributed by atoms with Crippen molar-refractivity contribution in [2.45, 2.75) is 0 Å². The molecule has 0 fully saturated rings. The fourth-order valence-electron chi connectivity index (χ4n) is 2.63. The van der Waals surface area contributed by atoms with Crippen molar-refractivity contribution in [2.24, 2.45) is 0 Å². The zero-order chi connectivity index (χ0) is 12.8. The van der Waals surface area contributed by atoms with Gasteiger partial charge in [-0.2, -0.15) is 5.26 Å². The van der Waals surface area contributed by atoms with Gasteiger partial charge in [0.05, 0.1) is 11.0 Å². The highest BCUT2D eigenvalue weighted by molar-refractivity contribution is 6.17. The third-order valence-corrected chi connectivity index (χ3v) is 3.45. The molecule has 0 bridgehead atoms. The summed E-state index contributed by atoms with van der Waals surface area (Å²) in [6.45, 7) is 0. The van der Waals surface area contributed by atoms with Gasteiger partial charge in [0.2, 0.25) is 0 Å². The van der Waals surface area contributed by atoms with Crippen molar-refractivity contribution in [3.05, 3.63) is 54.2 Å². The topological polar surface area (TPSA) is 52.5 Å². The van der Waals surface area contributed by atoms with Gasteiger partial charge < -0.3 is 4.98 Å². The van der Waals surface area contributed by atoms with E-state index in [9.17, 15) is 5.26 Å². The first-order chi connectivity index (χ1) is 9.38. The first-order valence-electron chi connectivity index (χ1n) is 6.08. The minimum Gasteiger partial charge on any atom is -0.354 e. The minimum absolute atomic E-state index is 0.478. The lowest BCUT2D eigenvalue weighted by Crippen LogP contribution is -1.87. The molecule has 2 heterocycles. The molecule has 0 atom stereocenters. The van der Waals surface area contributed by atoms with Gasteiger partial charge in [-0.05, 0) is 12.1 Å². The van der Waals surface area contributed by atoms with E-state index >= 15 is 0 Å². The van der Waals surface area contributed by atoms with E-state index in [-0.39, 0.29) is 0 Å². The molecule has 2 aromatic carbocycles. The van der Waals surface area contributed by atoms with E-state index in [0.717, 1.165) is 32.7 Å². The normalized spacial score (nSPS) is 11.1. The molecule has 0 spiro atoms. The lowest BCUT2D eigenvalue weighted by Gasteiger charge is -2.00. The van der Waals surface area contributed by atoms with Crippen LogP contribution >= 0.6 is 0 Å². The van der Waals surface area contributed by atoms with E-state index in [1.807, 2.05) is 48.5 Å². The molecule has 0 radical (unpaired) electrons.